The molecular formula is C18H38MoN2S4. The number of hydrogen-bond acceptors (Lipinski definition) is 4. The maximum atomic E-state index is 4.66. The van der Waals surface area contributed by atoms with Gasteiger partial charge in [-0.2, -0.15) is 11.8 Å². The largest absolute Gasteiger partial charge is 4.00 e. The maximum Gasteiger partial charge on any atom is 4.00 e. The SMILES string of the molecule is NC(=S)[S-].NC(=S)[S-].[CH2-]C(CC)CCCC.[CH2-]C(CC)CCCC.[Mo+4]. The Bertz CT molecular complexity index is 233. The molecule has 0 amide bonds. The first-order valence-electron chi connectivity index (χ1n) is 8.67. The molecule has 0 aromatic carbocycles. The maximum absolute atomic E-state index is 4.66. The van der Waals surface area contributed by atoms with Crippen LogP contribution in [0, 0.1) is 25.7 Å². The molecule has 2 atom stereocenters. The zero-order chi connectivity index (χ0) is 20.0. The van der Waals surface area contributed by atoms with E-state index in [-0.39, 0.29) is 29.7 Å². The molecule has 0 aliphatic heterocycles. The summed E-state index contributed by atoms with van der Waals surface area (Å²) in [5, 5.41) is 0. The van der Waals surface area contributed by atoms with Crippen molar-refractivity contribution < 1.29 is 21.1 Å². The fourth-order valence-electron chi connectivity index (χ4n) is 1.39. The average Bonchev–Trinajstić information content (AvgIpc) is 2.49. The van der Waals surface area contributed by atoms with Crippen molar-refractivity contribution >= 4 is 58.3 Å². The monoisotopic (exact) mass is 508 g/mol. The van der Waals surface area contributed by atoms with Crippen LogP contribution in [-0.4, -0.2) is 8.64 Å². The van der Waals surface area contributed by atoms with E-state index in [1.54, 1.807) is 0 Å². The minimum Gasteiger partial charge on any atom is -0.415 e. The molecule has 0 aliphatic carbocycles. The van der Waals surface area contributed by atoms with Crippen LogP contribution in [0.3, 0.4) is 0 Å². The molecular weight excluding hydrogens is 468 g/mol. The minimum absolute atomic E-state index is 0. The zero-order valence-corrected chi connectivity index (χ0v) is 21.7. The average molecular weight is 507 g/mol. The molecule has 0 radical (unpaired) electrons. The van der Waals surface area contributed by atoms with Crippen LogP contribution in [0.15, 0.2) is 0 Å². The van der Waals surface area contributed by atoms with Gasteiger partial charge in [-0.25, -0.2) is 0 Å². The molecule has 2 nitrogen and oxygen atoms in total. The third-order valence-electron chi connectivity index (χ3n) is 3.09. The molecule has 0 aromatic heterocycles. The Morgan fingerprint density at radius 2 is 1.00 bits per heavy atom. The van der Waals surface area contributed by atoms with E-state index < -0.39 is 0 Å². The van der Waals surface area contributed by atoms with Crippen LogP contribution in [0.2, 0.25) is 0 Å². The Hall–Kier alpha value is 0.908. The van der Waals surface area contributed by atoms with Crippen LogP contribution in [0.5, 0.6) is 0 Å². The van der Waals surface area contributed by atoms with Gasteiger partial charge in [-0.05, 0) is 0 Å². The fraction of sp³-hybridized carbons (Fsp3) is 0.778. The molecule has 0 aliphatic rings. The summed E-state index contributed by atoms with van der Waals surface area (Å²) in [6, 6.07) is 0. The van der Waals surface area contributed by atoms with E-state index in [0.29, 0.717) is 11.8 Å². The Morgan fingerprint density at radius 1 is 0.800 bits per heavy atom. The first kappa shape index (κ1) is 36.8. The first-order chi connectivity index (χ1) is 11.1. The van der Waals surface area contributed by atoms with Gasteiger partial charge in [0.25, 0.3) is 0 Å². The van der Waals surface area contributed by atoms with Crippen molar-refractivity contribution in [2.24, 2.45) is 23.3 Å². The quantitative estimate of drug-likeness (QED) is 0.193. The van der Waals surface area contributed by atoms with Crippen molar-refractivity contribution in [1.82, 2.24) is 0 Å². The molecule has 150 valence electrons. The van der Waals surface area contributed by atoms with Gasteiger partial charge in [0.15, 0.2) is 0 Å². The number of rotatable bonds is 8. The van der Waals surface area contributed by atoms with Crippen molar-refractivity contribution in [2.45, 2.75) is 79.1 Å². The molecule has 0 saturated heterocycles. The summed E-state index contributed by atoms with van der Waals surface area (Å²) in [5.74, 6) is 1.41. The van der Waals surface area contributed by atoms with Crippen molar-refractivity contribution in [3.8, 4) is 0 Å². The van der Waals surface area contributed by atoms with Crippen molar-refractivity contribution in [3.05, 3.63) is 13.8 Å². The summed E-state index contributed by atoms with van der Waals surface area (Å²) >= 11 is 16.5. The molecule has 0 rings (SSSR count). The van der Waals surface area contributed by atoms with E-state index in [2.05, 4.69) is 103 Å². The second kappa shape index (κ2) is 32.6. The number of thiocarbonyl (C=S) groups is 2. The molecule has 0 spiro atoms. The van der Waals surface area contributed by atoms with Crippen molar-refractivity contribution in [3.63, 3.8) is 0 Å². The van der Waals surface area contributed by atoms with E-state index in [9.17, 15) is 0 Å². The number of nitrogens with two attached hydrogens (primary N) is 2. The summed E-state index contributed by atoms with van der Waals surface area (Å²) < 4.78 is 0.167. The standard InChI is InChI=1S/2C8H17.2CH3NS2.Mo/c2*1-4-6-7-8(3)5-2;2*2-1(3)4;/h2*8H,3-7H2,1-2H3;2*(H3,2,3,4);/q2*-1;;;+4/p-2. The third kappa shape index (κ3) is 78.4. The Kier molecular flexibility index (Phi) is 47.9. The van der Waals surface area contributed by atoms with E-state index in [1.807, 2.05) is 0 Å². The molecule has 25 heavy (non-hydrogen) atoms. The Balaban J connectivity index is -0.0000000739. The second-order valence-electron chi connectivity index (χ2n) is 5.47. The van der Waals surface area contributed by atoms with Crippen LogP contribution in [-0.2, 0) is 46.3 Å². The van der Waals surface area contributed by atoms with Gasteiger partial charge in [0.1, 0.15) is 0 Å². The fourth-order valence-corrected chi connectivity index (χ4v) is 1.39. The van der Waals surface area contributed by atoms with Crippen LogP contribution in [0.25, 0.3) is 0 Å². The molecule has 7 heteroatoms. The second-order valence-corrected chi connectivity index (χ2v) is 7.75. The van der Waals surface area contributed by atoms with Crippen LogP contribution in [0.4, 0.5) is 0 Å². The van der Waals surface area contributed by atoms with E-state index >= 15 is 0 Å². The topological polar surface area (TPSA) is 52.0 Å². The molecule has 4 N–H and O–H groups in total. The predicted octanol–water partition coefficient (Wildman–Crippen LogP) is 5.63. The van der Waals surface area contributed by atoms with E-state index in [4.69, 9.17) is 0 Å². The predicted molar refractivity (Wildman–Crippen MR) is 126 cm³/mol. The van der Waals surface area contributed by atoms with Gasteiger partial charge in [0, 0.05) is 0 Å². The summed E-state index contributed by atoms with van der Waals surface area (Å²) in [7, 11) is 0. The summed E-state index contributed by atoms with van der Waals surface area (Å²) in [6.07, 6.45) is 10.4. The molecule has 0 saturated carbocycles. The molecule has 0 bridgehead atoms. The van der Waals surface area contributed by atoms with Crippen LogP contribution >= 0.6 is 24.4 Å². The molecule has 2 unspecified atom stereocenters. The Labute approximate surface area is 194 Å². The van der Waals surface area contributed by atoms with Gasteiger partial charge in [0.2, 0.25) is 0 Å². The minimum atomic E-state index is 0. The van der Waals surface area contributed by atoms with Gasteiger partial charge in [-0.3, -0.25) is 0 Å². The zero-order valence-electron chi connectivity index (χ0n) is 16.4. The first-order valence-corrected chi connectivity index (χ1v) is 10.3. The summed E-state index contributed by atoms with van der Waals surface area (Å²) in [4.78, 5) is 0. The molecule has 0 fully saturated rings. The third-order valence-corrected chi connectivity index (χ3v) is 3.09. The number of unbranched alkanes of at least 4 members (excludes halogenated alkanes) is 2. The van der Waals surface area contributed by atoms with Gasteiger partial charge in [-0.1, -0.05) is 87.7 Å². The van der Waals surface area contributed by atoms with Gasteiger partial charge >= 0.3 is 21.1 Å². The molecule has 0 heterocycles. The van der Waals surface area contributed by atoms with Gasteiger partial charge in [0.05, 0.1) is 0 Å². The summed E-state index contributed by atoms with van der Waals surface area (Å²) in [5.41, 5.74) is 9.31. The van der Waals surface area contributed by atoms with E-state index in [1.165, 1.54) is 51.4 Å². The smallest absolute Gasteiger partial charge is 0.415 e. The summed E-state index contributed by atoms with van der Waals surface area (Å²) in [6.45, 7) is 16.8. The Morgan fingerprint density at radius 3 is 1.12 bits per heavy atom. The van der Waals surface area contributed by atoms with Gasteiger partial charge in [-0.15, -0.1) is 0 Å². The number of hydrogen-bond donors (Lipinski definition) is 2. The van der Waals surface area contributed by atoms with Crippen molar-refractivity contribution in [1.29, 1.82) is 0 Å². The van der Waals surface area contributed by atoms with Crippen molar-refractivity contribution in [2.75, 3.05) is 0 Å². The van der Waals surface area contributed by atoms with E-state index in [0.717, 1.165) is 0 Å². The molecule has 0 aromatic rings. The normalized spacial score (nSPS) is 10.8. The van der Waals surface area contributed by atoms with Crippen LogP contribution < -0.4 is 11.5 Å². The van der Waals surface area contributed by atoms with Crippen LogP contribution in [0.1, 0.15) is 79.1 Å². The van der Waals surface area contributed by atoms with Gasteiger partial charge < -0.3 is 75.0 Å².